The smallest absolute Gasteiger partial charge is 0.196 e. The van der Waals surface area contributed by atoms with Gasteiger partial charge in [-0.3, -0.25) is 4.99 Å². The second kappa shape index (κ2) is 2.61. The molecular weight excluding hydrogens is 166 g/mol. The molecule has 0 spiro atoms. The van der Waals surface area contributed by atoms with E-state index in [9.17, 15) is 0 Å². The molecule has 0 amide bonds. The molecule has 0 aromatic rings. The van der Waals surface area contributed by atoms with Crippen molar-refractivity contribution in [2.45, 2.75) is 18.6 Å². The third-order valence-corrected chi connectivity index (χ3v) is 3.19. The molecule has 4 nitrogen and oxygen atoms in total. The summed E-state index contributed by atoms with van der Waals surface area (Å²) in [6.45, 7) is 3.98. The quantitative estimate of drug-likeness (QED) is 0.516. The molecule has 0 radical (unpaired) electrons. The number of likely N-dealkylation sites (N-methyl/N-ethyl adjacent to an activating group) is 1. The highest BCUT2D eigenvalue weighted by Gasteiger charge is 2.41. The van der Waals surface area contributed by atoms with E-state index in [2.05, 4.69) is 21.8 Å². The van der Waals surface area contributed by atoms with Crippen molar-refractivity contribution >= 4 is 5.96 Å². The van der Waals surface area contributed by atoms with E-state index in [4.69, 9.17) is 4.74 Å². The van der Waals surface area contributed by atoms with Crippen molar-refractivity contribution < 1.29 is 4.74 Å². The maximum Gasteiger partial charge on any atom is 0.196 e. The van der Waals surface area contributed by atoms with Gasteiger partial charge < -0.3 is 14.5 Å². The van der Waals surface area contributed by atoms with Crippen LogP contribution in [-0.2, 0) is 4.74 Å². The van der Waals surface area contributed by atoms with Gasteiger partial charge in [-0.2, -0.15) is 0 Å². The molecule has 2 bridgehead atoms. The fraction of sp³-hybridized carbons (Fsp3) is 0.889. The fourth-order valence-corrected chi connectivity index (χ4v) is 2.48. The van der Waals surface area contributed by atoms with E-state index >= 15 is 0 Å². The number of aliphatic imine (C=N–C) groups is 1. The van der Waals surface area contributed by atoms with Gasteiger partial charge in [0, 0.05) is 20.1 Å². The first-order valence-electron chi connectivity index (χ1n) is 4.98. The van der Waals surface area contributed by atoms with Gasteiger partial charge >= 0.3 is 0 Å². The molecule has 3 heterocycles. The van der Waals surface area contributed by atoms with Gasteiger partial charge in [-0.05, 0) is 6.42 Å². The summed E-state index contributed by atoms with van der Waals surface area (Å²) in [6, 6.07) is 0.601. The van der Waals surface area contributed by atoms with Crippen LogP contribution in [0.25, 0.3) is 0 Å². The summed E-state index contributed by atoms with van der Waals surface area (Å²) in [7, 11) is 2.12. The predicted octanol–water partition coefficient (Wildman–Crippen LogP) is -0.239. The minimum atomic E-state index is 0.474. The number of morpholine rings is 1. The molecule has 13 heavy (non-hydrogen) atoms. The van der Waals surface area contributed by atoms with E-state index in [1.54, 1.807) is 0 Å². The van der Waals surface area contributed by atoms with Gasteiger partial charge in [0.25, 0.3) is 0 Å². The van der Waals surface area contributed by atoms with Crippen molar-refractivity contribution in [3.8, 4) is 0 Å². The van der Waals surface area contributed by atoms with Crippen molar-refractivity contribution in [3.63, 3.8) is 0 Å². The highest BCUT2D eigenvalue weighted by atomic mass is 16.5. The van der Waals surface area contributed by atoms with Gasteiger partial charge in [-0.1, -0.05) is 0 Å². The largest absolute Gasteiger partial charge is 0.374 e. The van der Waals surface area contributed by atoms with Crippen molar-refractivity contribution in [1.29, 1.82) is 0 Å². The minimum Gasteiger partial charge on any atom is -0.374 e. The van der Waals surface area contributed by atoms with Crippen LogP contribution in [-0.4, -0.2) is 61.2 Å². The first-order chi connectivity index (χ1) is 6.34. The molecular formula is C9H15N3O. The Labute approximate surface area is 78.2 Å². The summed E-state index contributed by atoms with van der Waals surface area (Å²) in [5.41, 5.74) is 0. The molecule has 3 rings (SSSR count). The van der Waals surface area contributed by atoms with Crippen molar-refractivity contribution in [2.24, 2.45) is 4.99 Å². The van der Waals surface area contributed by atoms with E-state index < -0.39 is 0 Å². The van der Waals surface area contributed by atoms with Crippen molar-refractivity contribution in [1.82, 2.24) is 9.80 Å². The summed E-state index contributed by atoms with van der Waals surface area (Å²) in [6.07, 6.45) is 1.68. The lowest BCUT2D eigenvalue weighted by Gasteiger charge is -2.31. The number of ether oxygens (including phenoxy) is 1. The van der Waals surface area contributed by atoms with Crippen molar-refractivity contribution in [3.05, 3.63) is 0 Å². The Morgan fingerprint density at radius 1 is 1.54 bits per heavy atom. The summed E-state index contributed by atoms with van der Waals surface area (Å²) in [4.78, 5) is 9.20. The van der Waals surface area contributed by atoms with Crippen LogP contribution >= 0.6 is 0 Å². The summed E-state index contributed by atoms with van der Waals surface area (Å²) >= 11 is 0. The third kappa shape index (κ3) is 1.05. The molecule has 0 saturated carbocycles. The molecule has 3 aliphatic heterocycles. The van der Waals surface area contributed by atoms with Gasteiger partial charge in [0.05, 0.1) is 25.3 Å². The first kappa shape index (κ1) is 7.62. The molecule has 3 aliphatic rings. The molecule has 0 aromatic heterocycles. The molecule has 2 atom stereocenters. The first-order valence-corrected chi connectivity index (χ1v) is 4.98. The molecule has 0 aromatic carbocycles. The Kier molecular flexibility index (Phi) is 1.53. The molecule has 2 fully saturated rings. The van der Waals surface area contributed by atoms with Crippen LogP contribution in [0, 0.1) is 0 Å². The summed E-state index contributed by atoms with van der Waals surface area (Å²) < 4.78 is 5.56. The van der Waals surface area contributed by atoms with Gasteiger partial charge in [0.1, 0.15) is 0 Å². The minimum absolute atomic E-state index is 0.474. The number of nitrogens with zero attached hydrogens (tertiary/aromatic N) is 3. The topological polar surface area (TPSA) is 28.1 Å². The number of hydrogen-bond acceptors (Lipinski definition) is 4. The predicted molar refractivity (Wildman–Crippen MR) is 49.8 cm³/mol. The Balaban J connectivity index is 1.79. The number of likely N-dealkylation sites (tertiary alicyclic amines) is 1. The van der Waals surface area contributed by atoms with Crippen LogP contribution in [0.15, 0.2) is 4.99 Å². The zero-order chi connectivity index (χ0) is 8.84. The average Bonchev–Trinajstić information content (AvgIpc) is 2.77. The van der Waals surface area contributed by atoms with Crippen molar-refractivity contribution in [2.75, 3.05) is 33.3 Å². The highest BCUT2D eigenvalue weighted by molar-refractivity contribution is 5.82. The second-order valence-corrected chi connectivity index (χ2v) is 4.10. The zero-order valence-corrected chi connectivity index (χ0v) is 7.94. The monoisotopic (exact) mass is 181 g/mol. The lowest BCUT2D eigenvalue weighted by atomic mass is 10.2. The van der Waals surface area contributed by atoms with E-state index in [0.717, 1.165) is 26.2 Å². The second-order valence-electron chi connectivity index (χ2n) is 4.10. The standard InChI is InChI=1S/C9H15N3O/c1-11-3-2-10-9(11)12-5-8-4-7(12)6-13-8/h7-8H,2-6H2,1H3. The third-order valence-electron chi connectivity index (χ3n) is 3.19. The lowest BCUT2D eigenvalue weighted by molar-refractivity contribution is 0.0534. The number of hydrogen-bond donors (Lipinski definition) is 0. The average molecular weight is 181 g/mol. The van der Waals surface area contributed by atoms with Gasteiger partial charge in [-0.25, -0.2) is 0 Å². The maximum atomic E-state index is 5.56. The molecule has 0 N–H and O–H groups in total. The Morgan fingerprint density at radius 2 is 2.46 bits per heavy atom. The molecule has 2 saturated heterocycles. The van der Waals surface area contributed by atoms with E-state index in [0.29, 0.717) is 12.1 Å². The van der Waals surface area contributed by atoms with Crippen LogP contribution in [0.4, 0.5) is 0 Å². The van der Waals surface area contributed by atoms with Crippen LogP contribution < -0.4 is 0 Å². The van der Waals surface area contributed by atoms with Crippen LogP contribution in [0.5, 0.6) is 0 Å². The fourth-order valence-electron chi connectivity index (χ4n) is 2.48. The lowest BCUT2D eigenvalue weighted by Crippen LogP contribution is -2.46. The molecule has 0 aliphatic carbocycles. The number of guanidine groups is 1. The zero-order valence-electron chi connectivity index (χ0n) is 7.94. The molecule has 72 valence electrons. The van der Waals surface area contributed by atoms with Crippen LogP contribution in [0.3, 0.4) is 0 Å². The number of rotatable bonds is 0. The van der Waals surface area contributed by atoms with E-state index in [1.807, 2.05) is 0 Å². The highest BCUT2D eigenvalue weighted by Crippen LogP contribution is 2.29. The molecule has 2 unspecified atom stereocenters. The summed E-state index contributed by atoms with van der Waals surface area (Å²) in [5, 5.41) is 0. The van der Waals surface area contributed by atoms with Gasteiger partial charge in [0.2, 0.25) is 0 Å². The van der Waals surface area contributed by atoms with Crippen LogP contribution in [0.1, 0.15) is 6.42 Å². The maximum absolute atomic E-state index is 5.56. The van der Waals surface area contributed by atoms with Gasteiger partial charge in [0.15, 0.2) is 5.96 Å². The Morgan fingerprint density at radius 3 is 3.00 bits per heavy atom. The summed E-state index contributed by atoms with van der Waals surface area (Å²) in [5.74, 6) is 1.19. The van der Waals surface area contributed by atoms with Gasteiger partial charge in [-0.15, -0.1) is 0 Å². The van der Waals surface area contributed by atoms with E-state index in [-0.39, 0.29) is 0 Å². The van der Waals surface area contributed by atoms with E-state index in [1.165, 1.54) is 12.4 Å². The number of fused-ring (bicyclic) bond motifs is 2. The normalized spacial score (nSPS) is 37.5. The van der Waals surface area contributed by atoms with Crippen LogP contribution in [0.2, 0.25) is 0 Å². The SMILES string of the molecule is CN1CCN=C1N1CC2CC1CO2. The molecule has 4 heteroatoms. The Hall–Kier alpha value is -0.770. The Bertz CT molecular complexity index is 253.